The van der Waals surface area contributed by atoms with E-state index in [0.717, 1.165) is 0 Å². The third-order valence-corrected chi connectivity index (χ3v) is 7.48. The van der Waals surface area contributed by atoms with Gasteiger partial charge in [-0.3, -0.25) is 0 Å². The molecule has 6 rings (SSSR count). The Morgan fingerprint density at radius 2 is 0.694 bits per heavy atom. The highest BCUT2D eigenvalue weighted by molar-refractivity contribution is 6.16. The monoisotopic (exact) mass is 462 g/mol. The van der Waals surface area contributed by atoms with Gasteiger partial charge in [0.05, 0.1) is 0 Å². The Hall–Kier alpha value is -4.16. The molecule has 0 saturated carbocycles. The molecule has 6 aromatic rings. The lowest BCUT2D eigenvalue weighted by atomic mass is 9.81. The smallest absolute Gasteiger partial charge is 0.00141 e. The average molecular weight is 463 g/mol. The van der Waals surface area contributed by atoms with Gasteiger partial charge in [0, 0.05) is 0 Å². The van der Waals surface area contributed by atoms with Crippen LogP contribution in [0.4, 0.5) is 0 Å². The molecule has 0 bridgehead atoms. The Morgan fingerprint density at radius 1 is 0.361 bits per heavy atom. The third kappa shape index (κ3) is 3.71. The van der Waals surface area contributed by atoms with Crippen LogP contribution in [0, 0.1) is 27.7 Å². The van der Waals surface area contributed by atoms with E-state index in [1.54, 1.807) is 0 Å². The summed E-state index contributed by atoms with van der Waals surface area (Å²) in [7, 11) is 0. The molecule has 0 aliphatic carbocycles. The predicted octanol–water partition coefficient (Wildman–Crippen LogP) is 10.2. The van der Waals surface area contributed by atoms with Crippen LogP contribution >= 0.6 is 0 Å². The normalized spacial score (nSPS) is 11.3. The molecule has 0 heteroatoms. The maximum Gasteiger partial charge on any atom is -0.00141 e. The summed E-state index contributed by atoms with van der Waals surface area (Å²) >= 11 is 0. The first kappa shape index (κ1) is 22.3. The number of benzene rings is 6. The highest BCUT2D eigenvalue weighted by atomic mass is 14.2. The molecule has 0 aliphatic heterocycles. The first-order valence-corrected chi connectivity index (χ1v) is 12.7. The molecule has 0 aliphatic rings. The van der Waals surface area contributed by atoms with E-state index in [4.69, 9.17) is 0 Å². The van der Waals surface area contributed by atoms with Crippen LogP contribution in [0.2, 0.25) is 0 Å². The van der Waals surface area contributed by atoms with E-state index in [1.807, 2.05) is 0 Å². The topological polar surface area (TPSA) is 0 Å². The van der Waals surface area contributed by atoms with Crippen molar-refractivity contribution in [3.05, 3.63) is 131 Å². The number of fused-ring (bicyclic) bond motifs is 2. The fourth-order valence-corrected chi connectivity index (χ4v) is 5.57. The molecular weight excluding hydrogens is 432 g/mol. The minimum atomic E-state index is 1.25. The summed E-state index contributed by atoms with van der Waals surface area (Å²) in [6.45, 7) is 8.77. The summed E-state index contributed by atoms with van der Waals surface area (Å²) in [5.41, 5.74) is 12.9. The van der Waals surface area contributed by atoms with Crippen LogP contribution in [0.1, 0.15) is 22.3 Å². The van der Waals surface area contributed by atoms with E-state index in [1.165, 1.54) is 77.2 Å². The molecule has 0 aromatic heterocycles. The first-order valence-electron chi connectivity index (χ1n) is 12.7. The molecule has 0 radical (unpaired) electrons. The van der Waals surface area contributed by atoms with E-state index < -0.39 is 0 Å². The van der Waals surface area contributed by atoms with Gasteiger partial charge in [0.2, 0.25) is 0 Å². The third-order valence-electron chi connectivity index (χ3n) is 7.48. The standard InChI is InChI=1S/C36H30/c1-23-13-17-27(18-14-23)33-21-25(3)29-9-5-7-11-31(29)35(33)36-32-12-8-6-10-30(32)26(4)22-34(36)28-19-15-24(2)16-20-28/h5-22H,1-4H3. The lowest BCUT2D eigenvalue weighted by molar-refractivity contribution is 1.45. The van der Waals surface area contributed by atoms with Crippen LogP contribution in [0.15, 0.2) is 109 Å². The second-order valence-corrected chi connectivity index (χ2v) is 10.1. The maximum atomic E-state index is 2.38. The lowest BCUT2D eigenvalue weighted by Gasteiger charge is -2.22. The van der Waals surface area contributed by atoms with Crippen molar-refractivity contribution in [3.63, 3.8) is 0 Å². The summed E-state index contributed by atoms with van der Waals surface area (Å²) in [4.78, 5) is 0. The molecule has 0 nitrogen and oxygen atoms in total. The zero-order chi connectivity index (χ0) is 24.8. The molecule has 6 aromatic carbocycles. The van der Waals surface area contributed by atoms with Gasteiger partial charge in [-0.25, -0.2) is 0 Å². The minimum absolute atomic E-state index is 1.25. The Balaban J connectivity index is 1.83. The Bertz CT molecular complexity index is 1600. The average Bonchev–Trinajstić information content (AvgIpc) is 2.90. The van der Waals surface area contributed by atoms with Crippen molar-refractivity contribution in [3.8, 4) is 33.4 Å². The summed E-state index contributed by atoms with van der Waals surface area (Å²) in [5, 5.41) is 5.22. The van der Waals surface area contributed by atoms with E-state index in [-0.39, 0.29) is 0 Å². The number of aryl methyl sites for hydroxylation is 4. The molecular formula is C36H30. The van der Waals surface area contributed by atoms with Crippen LogP contribution in [-0.2, 0) is 0 Å². The van der Waals surface area contributed by atoms with Crippen molar-refractivity contribution in [2.75, 3.05) is 0 Å². The quantitative estimate of drug-likeness (QED) is 0.245. The van der Waals surface area contributed by atoms with Gasteiger partial charge in [-0.05, 0) is 93.7 Å². The first-order chi connectivity index (χ1) is 17.5. The van der Waals surface area contributed by atoms with E-state index in [2.05, 4.69) is 137 Å². The molecule has 36 heavy (non-hydrogen) atoms. The van der Waals surface area contributed by atoms with Gasteiger partial charge in [0.15, 0.2) is 0 Å². The number of rotatable bonds is 3. The van der Waals surface area contributed by atoms with Crippen LogP contribution < -0.4 is 0 Å². The molecule has 174 valence electrons. The van der Waals surface area contributed by atoms with Crippen LogP contribution in [0.5, 0.6) is 0 Å². The summed E-state index contributed by atoms with van der Waals surface area (Å²) in [5.74, 6) is 0. The summed E-state index contributed by atoms with van der Waals surface area (Å²) in [6, 6.07) is 40.5. The fraction of sp³-hybridized carbons (Fsp3) is 0.111. The zero-order valence-electron chi connectivity index (χ0n) is 21.4. The second-order valence-electron chi connectivity index (χ2n) is 10.1. The fourth-order valence-electron chi connectivity index (χ4n) is 5.57. The van der Waals surface area contributed by atoms with Gasteiger partial charge in [0.1, 0.15) is 0 Å². The van der Waals surface area contributed by atoms with Gasteiger partial charge in [-0.2, -0.15) is 0 Å². The van der Waals surface area contributed by atoms with Crippen molar-refractivity contribution in [1.82, 2.24) is 0 Å². The largest absolute Gasteiger partial charge is 0.0616 e. The van der Waals surface area contributed by atoms with Crippen LogP contribution in [0.25, 0.3) is 54.9 Å². The molecule has 0 unspecified atom stereocenters. The molecule has 0 saturated heterocycles. The van der Waals surface area contributed by atoms with Crippen molar-refractivity contribution in [2.24, 2.45) is 0 Å². The molecule has 0 spiro atoms. The minimum Gasteiger partial charge on any atom is -0.0616 e. The molecule has 0 heterocycles. The zero-order valence-corrected chi connectivity index (χ0v) is 21.4. The van der Waals surface area contributed by atoms with Crippen LogP contribution in [-0.4, -0.2) is 0 Å². The van der Waals surface area contributed by atoms with Gasteiger partial charge in [-0.1, -0.05) is 120 Å². The van der Waals surface area contributed by atoms with Gasteiger partial charge in [-0.15, -0.1) is 0 Å². The van der Waals surface area contributed by atoms with Crippen molar-refractivity contribution in [1.29, 1.82) is 0 Å². The molecule has 0 amide bonds. The molecule has 0 N–H and O–H groups in total. The summed E-state index contributed by atoms with van der Waals surface area (Å²) < 4.78 is 0. The van der Waals surface area contributed by atoms with E-state index in [0.29, 0.717) is 0 Å². The van der Waals surface area contributed by atoms with E-state index in [9.17, 15) is 0 Å². The molecule has 0 atom stereocenters. The SMILES string of the molecule is Cc1ccc(-c2cc(C)c3ccccc3c2-c2c(-c3ccc(C)cc3)cc(C)c3ccccc23)cc1. The molecule has 0 fully saturated rings. The van der Waals surface area contributed by atoms with Gasteiger partial charge >= 0.3 is 0 Å². The number of hydrogen-bond donors (Lipinski definition) is 0. The Morgan fingerprint density at radius 3 is 1.06 bits per heavy atom. The van der Waals surface area contributed by atoms with Crippen LogP contribution in [0.3, 0.4) is 0 Å². The number of hydrogen-bond acceptors (Lipinski definition) is 0. The maximum absolute atomic E-state index is 2.38. The second kappa shape index (κ2) is 8.81. The summed E-state index contributed by atoms with van der Waals surface area (Å²) in [6.07, 6.45) is 0. The highest BCUT2D eigenvalue weighted by Crippen LogP contribution is 2.47. The van der Waals surface area contributed by atoms with Gasteiger partial charge < -0.3 is 0 Å². The van der Waals surface area contributed by atoms with Crippen molar-refractivity contribution in [2.45, 2.75) is 27.7 Å². The van der Waals surface area contributed by atoms with E-state index >= 15 is 0 Å². The Labute approximate surface area is 213 Å². The predicted molar refractivity (Wildman–Crippen MR) is 157 cm³/mol. The Kier molecular flexibility index (Phi) is 5.46. The highest BCUT2D eigenvalue weighted by Gasteiger charge is 2.20. The lowest BCUT2D eigenvalue weighted by Crippen LogP contribution is -1.96. The van der Waals surface area contributed by atoms with Crippen molar-refractivity contribution >= 4 is 21.5 Å². The van der Waals surface area contributed by atoms with Gasteiger partial charge in [0.25, 0.3) is 0 Å². The van der Waals surface area contributed by atoms with Crippen molar-refractivity contribution < 1.29 is 0 Å².